The highest BCUT2D eigenvalue weighted by Gasteiger charge is 2.30. The van der Waals surface area contributed by atoms with Crippen LogP contribution in [0.3, 0.4) is 0 Å². The van der Waals surface area contributed by atoms with E-state index in [1.165, 1.54) is 32.0 Å². The van der Waals surface area contributed by atoms with Crippen molar-refractivity contribution in [2.75, 3.05) is 6.61 Å². The Morgan fingerprint density at radius 3 is 2.52 bits per heavy atom. The summed E-state index contributed by atoms with van der Waals surface area (Å²) in [6.45, 7) is 0.910. The number of Topliss-reactive ketones (excluding diaryl/α,β-unsaturated/α-hetero) is 1. The van der Waals surface area contributed by atoms with Crippen LogP contribution >= 0.6 is 0 Å². The molecule has 0 bridgehead atoms. The first-order valence-electron chi connectivity index (χ1n) is 8.53. The molecule has 9 heteroatoms. The third-order valence-corrected chi connectivity index (χ3v) is 4.38. The number of halogens is 3. The molecule has 0 amide bonds. The van der Waals surface area contributed by atoms with Crippen LogP contribution in [0.5, 0.6) is 0 Å². The van der Waals surface area contributed by atoms with E-state index in [1.54, 1.807) is 12.1 Å². The van der Waals surface area contributed by atoms with E-state index >= 15 is 0 Å². The van der Waals surface area contributed by atoms with Crippen molar-refractivity contribution in [2.45, 2.75) is 26.6 Å². The largest absolute Gasteiger partial charge is 0.451 e. The van der Waals surface area contributed by atoms with Gasteiger partial charge in [-0.1, -0.05) is 12.1 Å². The molecule has 0 fully saturated rings. The lowest BCUT2D eigenvalue weighted by atomic mass is 10.1. The second-order valence-corrected chi connectivity index (χ2v) is 6.46. The molecule has 0 atom stereocenters. The molecule has 1 aromatic carbocycles. The second-order valence-electron chi connectivity index (χ2n) is 6.46. The molecular weight excluding hydrogens is 391 g/mol. The van der Waals surface area contributed by atoms with E-state index in [0.29, 0.717) is 0 Å². The van der Waals surface area contributed by atoms with E-state index in [-0.39, 0.29) is 33.7 Å². The van der Waals surface area contributed by atoms with E-state index in [0.717, 1.165) is 10.6 Å². The first-order chi connectivity index (χ1) is 13.6. The topological polar surface area (TPSA) is 78.5 Å². The maximum Gasteiger partial charge on any atom is 0.406 e. The maximum atomic E-state index is 12.7. The van der Waals surface area contributed by atoms with Gasteiger partial charge in [-0.05, 0) is 32.0 Å². The lowest BCUT2D eigenvalue weighted by molar-refractivity contribution is -0.141. The van der Waals surface area contributed by atoms with Crippen molar-refractivity contribution in [3.63, 3.8) is 0 Å². The Kier molecular flexibility index (Phi) is 5.32. The van der Waals surface area contributed by atoms with Crippen LogP contribution in [0.25, 0.3) is 11.0 Å². The number of carbonyl (C=O) groups excluding carboxylic acids is 2. The van der Waals surface area contributed by atoms with Gasteiger partial charge in [-0.2, -0.15) is 13.2 Å². The Balaban J connectivity index is 1.75. The zero-order valence-corrected chi connectivity index (χ0v) is 15.5. The molecule has 0 saturated carbocycles. The van der Waals surface area contributed by atoms with Crippen LogP contribution in [-0.4, -0.2) is 29.1 Å². The number of ether oxygens (including phenoxy) is 1. The molecule has 3 aromatic rings. The van der Waals surface area contributed by atoms with Crippen molar-refractivity contribution >= 4 is 22.7 Å². The minimum atomic E-state index is -4.44. The van der Waals surface area contributed by atoms with Crippen molar-refractivity contribution in [3.8, 4) is 0 Å². The minimum Gasteiger partial charge on any atom is -0.451 e. The van der Waals surface area contributed by atoms with E-state index in [4.69, 9.17) is 9.15 Å². The molecule has 0 N–H and O–H groups in total. The zero-order valence-electron chi connectivity index (χ0n) is 15.5. The molecule has 29 heavy (non-hydrogen) atoms. The Morgan fingerprint density at radius 2 is 1.83 bits per heavy atom. The molecule has 2 heterocycles. The van der Waals surface area contributed by atoms with Gasteiger partial charge in [-0.3, -0.25) is 9.59 Å². The van der Waals surface area contributed by atoms with Gasteiger partial charge in [0.25, 0.3) is 0 Å². The molecule has 0 aliphatic carbocycles. The first kappa shape index (κ1) is 20.4. The predicted molar refractivity (Wildman–Crippen MR) is 97.1 cm³/mol. The fourth-order valence-electron chi connectivity index (χ4n) is 2.99. The summed E-state index contributed by atoms with van der Waals surface area (Å²) in [6.07, 6.45) is -4.44. The molecule has 152 valence electrons. The van der Waals surface area contributed by atoms with E-state index in [1.807, 2.05) is 0 Å². The third kappa shape index (κ3) is 4.39. The van der Waals surface area contributed by atoms with Crippen LogP contribution in [0.1, 0.15) is 32.3 Å². The molecule has 0 aliphatic heterocycles. The molecule has 0 unspecified atom stereocenters. The molecule has 0 spiro atoms. The lowest BCUT2D eigenvalue weighted by Crippen LogP contribution is -2.20. The van der Waals surface area contributed by atoms with Gasteiger partial charge in [0, 0.05) is 23.0 Å². The van der Waals surface area contributed by atoms with Gasteiger partial charge in [0.15, 0.2) is 12.0 Å². The maximum absolute atomic E-state index is 12.7. The average molecular weight is 407 g/mol. The Bertz CT molecular complexity index is 1160. The molecular formula is C20H16F3NO5. The summed E-state index contributed by atoms with van der Waals surface area (Å²) < 4.78 is 49.3. The summed E-state index contributed by atoms with van der Waals surface area (Å²) in [6, 6.07) is 8.59. The number of nitrogens with zero attached hydrogens (tertiary/aromatic N) is 1. The summed E-state index contributed by atoms with van der Waals surface area (Å²) in [7, 11) is 0. The summed E-state index contributed by atoms with van der Waals surface area (Å²) in [5, 5.41) is 0.289. The quantitative estimate of drug-likeness (QED) is 0.475. The van der Waals surface area contributed by atoms with Gasteiger partial charge in [0.05, 0.1) is 5.39 Å². The van der Waals surface area contributed by atoms with Crippen molar-refractivity contribution in [1.29, 1.82) is 0 Å². The van der Waals surface area contributed by atoms with Crippen LogP contribution in [0.4, 0.5) is 13.2 Å². The van der Waals surface area contributed by atoms with Crippen LogP contribution in [0, 0.1) is 13.8 Å². The highest BCUT2D eigenvalue weighted by Crippen LogP contribution is 2.23. The number of fused-ring (bicyclic) bond motifs is 1. The Labute approximate surface area is 162 Å². The number of benzene rings is 1. The Hall–Kier alpha value is -3.36. The van der Waals surface area contributed by atoms with Gasteiger partial charge in [0.2, 0.25) is 11.5 Å². The number of alkyl halides is 3. The third-order valence-electron chi connectivity index (χ3n) is 4.38. The van der Waals surface area contributed by atoms with Crippen LogP contribution in [-0.2, 0) is 11.3 Å². The van der Waals surface area contributed by atoms with Gasteiger partial charge in [-0.25, -0.2) is 4.79 Å². The SMILES string of the molecule is Cc1cc(C(=O)COC(=O)c2cc(=O)c3ccccc3o2)c(C)n1CC(F)(F)F. The molecule has 0 radical (unpaired) electrons. The van der Waals surface area contributed by atoms with Crippen molar-refractivity contribution in [1.82, 2.24) is 4.57 Å². The minimum absolute atomic E-state index is 0.0273. The van der Waals surface area contributed by atoms with Crippen LogP contribution in [0.15, 0.2) is 45.6 Å². The van der Waals surface area contributed by atoms with Crippen LogP contribution < -0.4 is 5.43 Å². The predicted octanol–water partition coefficient (Wildman–Crippen LogP) is 3.81. The van der Waals surface area contributed by atoms with Crippen LogP contribution in [0.2, 0.25) is 0 Å². The first-order valence-corrected chi connectivity index (χ1v) is 8.53. The molecule has 0 aliphatic rings. The van der Waals surface area contributed by atoms with Crippen molar-refractivity contribution in [3.05, 3.63) is 69.3 Å². The highest BCUT2D eigenvalue weighted by atomic mass is 19.4. The number of aryl methyl sites for hydroxylation is 1. The second kappa shape index (κ2) is 7.57. The summed E-state index contributed by atoms with van der Waals surface area (Å²) >= 11 is 0. The number of carbonyl (C=O) groups is 2. The molecule has 6 nitrogen and oxygen atoms in total. The van der Waals surface area contributed by atoms with Gasteiger partial charge in [-0.15, -0.1) is 0 Å². The van der Waals surface area contributed by atoms with Crippen molar-refractivity contribution in [2.24, 2.45) is 0 Å². The van der Waals surface area contributed by atoms with E-state index in [9.17, 15) is 27.6 Å². The molecule has 3 rings (SSSR count). The van der Waals surface area contributed by atoms with Gasteiger partial charge in [0.1, 0.15) is 12.1 Å². The fourth-order valence-corrected chi connectivity index (χ4v) is 2.99. The standard InChI is InChI=1S/C20H16F3NO5/c1-11-7-14(12(2)24(11)10-20(21,22)23)16(26)9-28-19(27)18-8-15(25)13-5-3-4-6-17(13)29-18/h3-8H,9-10H2,1-2H3. The number of para-hydroxylation sites is 1. The van der Waals surface area contributed by atoms with Crippen molar-refractivity contribution < 1.29 is 31.9 Å². The van der Waals surface area contributed by atoms with E-state index < -0.39 is 36.5 Å². The van der Waals surface area contributed by atoms with Gasteiger partial charge >= 0.3 is 12.1 Å². The molecule has 0 saturated heterocycles. The van der Waals surface area contributed by atoms with Gasteiger partial charge < -0.3 is 13.7 Å². The number of ketones is 1. The van der Waals surface area contributed by atoms with E-state index in [2.05, 4.69) is 0 Å². The average Bonchev–Trinajstić information content (AvgIpc) is 2.92. The Morgan fingerprint density at radius 1 is 1.14 bits per heavy atom. The summed E-state index contributed by atoms with van der Waals surface area (Å²) in [5.74, 6) is -2.06. The monoisotopic (exact) mass is 407 g/mol. The zero-order chi connectivity index (χ0) is 21.3. The smallest absolute Gasteiger partial charge is 0.406 e. The normalized spacial score (nSPS) is 11.6. The number of esters is 1. The summed E-state index contributed by atoms with van der Waals surface area (Å²) in [5.41, 5.74) is 0.155. The highest BCUT2D eigenvalue weighted by molar-refractivity contribution is 6.00. The fraction of sp³-hybridized carbons (Fsp3) is 0.250. The summed E-state index contributed by atoms with van der Waals surface area (Å²) in [4.78, 5) is 36.5. The number of hydrogen-bond acceptors (Lipinski definition) is 5. The number of rotatable bonds is 5. The lowest BCUT2D eigenvalue weighted by Gasteiger charge is -2.12. The number of hydrogen-bond donors (Lipinski definition) is 0. The number of aromatic nitrogens is 1. The molecule has 2 aromatic heterocycles.